The van der Waals surface area contributed by atoms with Crippen LogP contribution < -0.4 is 19.7 Å². The number of hydrogen-bond acceptors (Lipinski definition) is 5. The summed E-state index contributed by atoms with van der Waals surface area (Å²) in [7, 11) is 1.58. The lowest BCUT2D eigenvalue weighted by Gasteiger charge is -2.34. The second-order valence-corrected chi connectivity index (χ2v) is 5.85. The lowest BCUT2D eigenvalue weighted by atomic mass is 10.1. The molecular weight excluding hydrogens is 320 g/mol. The summed E-state index contributed by atoms with van der Waals surface area (Å²) in [5, 5.41) is 2.85. The Morgan fingerprint density at radius 3 is 2.80 bits per heavy atom. The SMILES string of the molecule is COc1cccc(NC(=O)CN2CC(C(C)=O)Oc3ccccc32)c1. The smallest absolute Gasteiger partial charge is 0.243 e. The normalized spacial score (nSPS) is 15.8. The van der Waals surface area contributed by atoms with Crippen LogP contribution in [0.25, 0.3) is 0 Å². The summed E-state index contributed by atoms with van der Waals surface area (Å²) in [6, 6.07) is 14.6. The van der Waals surface area contributed by atoms with Gasteiger partial charge in [0, 0.05) is 11.8 Å². The molecule has 0 saturated carbocycles. The fraction of sp³-hybridized carbons (Fsp3) is 0.263. The number of amides is 1. The number of para-hydroxylation sites is 2. The van der Waals surface area contributed by atoms with Crippen molar-refractivity contribution in [3.63, 3.8) is 0 Å². The van der Waals surface area contributed by atoms with Crippen LogP contribution in [0, 0.1) is 0 Å². The summed E-state index contributed by atoms with van der Waals surface area (Å²) >= 11 is 0. The van der Waals surface area contributed by atoms with E-state index in [0.717, 1.165) is 5.69 Å². The molecule has 0 aliphatic carbocycles. The van der Waals surface area contributed by atoms with Crippen molar-refractivity contribution in [2.24, 2.45) is 0 Å². The standard InChI is InChI=1S/C19H20N2O4/c1-13(22)18-11-21(16-8-3-4-9-17(16)25-18)12-19(23)20-14-6-5-7-15(10-14)24-2/h3-10,18H,11-12H2,1-2H3,(H,20,23). The van der Waals surface area contributed by atoms with Crippen molar-refractivity contribution in [1.82, 2.24) is 0 Å². The van der Waals surface area contributed by atoms with E-state index >= 15 is 0 Å². The maximum absolute atomic E-state index is 12.4. The third-order valence-electron chi connectivity index (χ3n) is 4.00. The molecule has 1 amide bonds. The average Bonchev–Trinajstić information content (AvgIpc) is 2.61. The summed E-state index contributed by atoms with van der Waals surface area (Å²) in [4.78, 5) is 26.0. The van der Waals surface area contributed by atoms with Crippen LogP contribution in [0.4, 0.5) is 11.4 Å². The van der Waals surface area contributed by atoms with Gasteiger partial charge in [-0.3, -0.25) is 9.59 Å². The molecule has 1 atom stereocenters. The van der Waals surface area contributed by atoms with Gasteiger partial charge in [-0.15, -0.1) is 0 Å². The molecule has 0 radical (unpaired) electrons. The maximum Gasteiger partial charge on any atom is 0.243 e. The highest BCUT2D eigenvalue weighted by Crippen LogP contribution is 2.33. The van der Waals surface area contributed by atoms with Crippen LogP contribution in [0.2, 0.25) is 0 Å². The van der Waals surface area contributed by atoms with E-state index in [1.807, 2.05) is 35.2 Å². The molecule has 6 heteroatoms. The summed E-state index contributed by atoms with van der Waals surface area (Å²) in [6.07, 6.45) is -0.570. The zero-order valence-corrected chi connectivity index (χ0v) is 14.2. The molecule has 0 bridgehead atoms. The van der Waals surface area contributed by atoms with E-state index in [0.29, 0.717) is 23.7 Å². The molecule has 1 unspecified atom stereocenters. The molecule has 1 aliphatic heterocycles. The Morgan fingerprint density at radius 1 is 1.24 bits per heavy atom. The molecule has 0 saturated heterocycles. The molecule has 0 aromatic heterocycles. The van der Waals surface area contributed by atoms with Crippen LogP contribution in [-0.4, -0.2) is 38.0 Å². The van der Waals surface area contributed by atoms with Crippen molar-refractivity contribution in [2.45, 2.75) is 13.0 Å². The first-order valence-corrected chi connectivity index (χ1v) is 8.02. The quantitative estimate of drug-likeness (QED) is 0.906. The number of methoxy groups -OCH3 is 1. The first kappa shape index (κ1) is 16.8. The Hall–Kier alpha value is -3.02. The third-order valence-corrected chi connectivity index (χ3v) is 4.00. The second-order valence-electron chi connectivity index (χ2n) is 5.85. The topological polar surface area (TPSA) is 67.9 Å². The van der Waals surface area contributed by atoms with Crippen molar-refractivity contribution in [3.8, 4) is 11.5 Å². The molecule has 2 aromatic rings. The molecule has 2 aromatic carbocycles. The van der Waals surface area contributed by atoms with Gasteiger partial charge in [0.2, 0.25) is 5.91 Å². The Morgan fingerprint density at radius 2 is 2.04 bits per heavy atom. The van der Waals surface area contributed by atoms with E-state index in [1.54, 1.807) is 25.3 Å². The number of hydrogen-bond donors (Lipinski definition) is 1. The number of carbonyl (C=O) groups is 2. The first-order valence-electron chi connectivity index (χ1n) is 8.02. The van der Waals surface area contributed by atoms with E-state index in [-0.39, 0.29) is 18.2 Å². The van der Waals surface area contributed by atoms with Crippen LogP contribution in [0.1, 0.15) is 6.92 Å². The largest absolute Gasteiger partial charge is 0.497 e. The van der Waals surface area contributed by atoms with Crippen LogP contribution in [-0.2, 0) is 9.59 Å². The first-order chi connectivity index (χ1) is 12.1. The summed E-state index contributed by atoms with van der Waals surface area (Å²) in [5.41, 5.74) is 1.47. The van der Waals surface area contributed by atoms with E-state index < -0.39 is 6.10 Å². The number of nitrogens with one attached hydrogen (secondary N) is 1. The Bertz CT molecular complexity index is 790. The average molecular weight is 340 g/mol. The highest BCUT2D eigenvalue weighted by Gasteiger charge is 2.29. The number of rotatable bonds is 5. The van der Waals surface area contributed by atoms with Crippen LogP contribution in [0.3, 0.4) is 0 Å². The summed E-state index contributed by atoms with van der Waals surface area (Å²) in [6.45, 7) is 1.96. The van der Waals surface area contributed by atoms with E-state index in [4.69, 9.17) is 9.47 Å². The zero-order valence-electron chi connectivity index (χ0n) is 14.2. The lowest BCUT2D eigenvalue weighted by Crippen LogP contribution is -2.46. The van der Waals surface area contributed by atoms with Gasteiger partial charge in [-0.1, -0.05) is 18.2 Å². The van der Waals surface area contributed by atoms with Gasteiger partial charge >= 0.3 is 0 Å². The summed E-state index contributed by atoms with van der Waals surface area (Å²) in [5.74, 6) is 1.05. The highest BCUT2D eigenvalue weighted by atomic mass is 16.5. The Balaban J connectivity index is 1.74. The summed E-state index contributed by atoms with van der Waals surface area (Å²) < 4.78 is 10.9. The number of carbonyl (C=O) groups excluding carboxylic acids is 2. The fourth-order valence-electron chi connectivity index (χ4n) is 2.74. The second kappa shape index (κ2) is 7.25. The number of nitrogens with zero attached hydrogens (tertiary/aromatic N) is 1. The number of ketones is 1. The molecule has 25 heavy (non-hydrogen) atoms. The molecule has 0 fully saturated rings. The van der Waals surface area contributed by atoms with E-state index in [9.17, 15) is 9.59 Å². The van der Waals surface area contributed by atoms with Crippen molar-refractivity contribution in [1.29, 1.82) is 0 Å². The third kappa shape index (κ3) is 3.91. The van der Waals surface area contributed by atoms with Gasteiger partial charge in [0.05, 0.1) is 25.9 Å². The molecule has 1 aliphatic rings. The number of Topliss-reactive ketones (excluding diaryl/α,β-unsaturated/α-hetero) is 1. The zero-order chi connectivity index (χ0) is 17.8. The molecule has 6 nitrogen and oxygen atoms in total. The Kier molecular flexibility index (Phi) is 4.88. The minimum Gasteiger partial charge on any atom is -0.497 e. The Labute approximate surface area is 146 Å². The van der Waals surface area contributed by atoms with Gasteiger partial charge < -0.3 is 19.7 Å². The fourth-order valence-corrected chi connectivity index (χ4v) is 2.74. The van der Waals surface area contributed by atoms with Crippen molar-refractivity contribution in [3.05, 3.63) is 48.5 Å². The highest BCUT2D eigenvalue weighted by molar-refractivity contribution is 5.95. The van der Waals surface area contributed by atoms with Gasteiger partial charge in [0.15, 0.2) is 11.9 Å². The van der Waals surface area contributed by atoms with Gasteiger partial charge in [0.25, 0.3) is 0 Å². The van der Waals surface area contributed by atoms with E-state index in [2.05, 4.69) is 5.32 Å². The molecule has 1 heterocycles. The molecule has 1 N–H and O–H groups in total. The predicted octanol–water partition coefficient (Wildman–Crippen LogP) is 2.49. The molecule has 0 spiro atoms. The predicted molar refractivity (Wildman–Crippen MR) is 95.4 cm³/mol. The van der Waals surface area contributed by atoms with Gasteiger partial charge in [-0.05, 0) is 31.2 Å². The van der Waals surface area contributed by atoms with Crippen LogP contribution in [0.15, 0.2) is 48.5 Å². The molecular formula is C19H20N2O4. The van der Waals surface area contributed by atoms with Crippen LogP contribution >= 0.6 is 0 Å². The van der Waals surface area contributed by atoms with Crippen LogP contribution in [0.5, 0.6) is 11.5 Å². The number of ether oxygens (including phenoxy) is 2. The van der Waals surface area contributed by atoms with Crippen molar-refractivity contribution < 1.29 is 19.1 Å². The van der Waals surface area contributed by atoms with Crippen molar-refractivity contribution in [2.75, 3.05) is 30.4 Å². The van der Waals surface area contributed by atoms with Gasteiger partial charge in [0.1, 0.15) is 11.5 Å². The minimum atomic E-state index is -0.570. The van der Waals surface area contributed by atoms with E-state index in [1.165, 1.54) is 6.92 Å². The van der Waals surface area contributed by atoms with Gasteiger partial charge in [-0.25, -0.2) is 0 Å². The molecule has 130 valence electrons. The van der Waals surface area contributed by atoms with Crippen molar-refractivity contribution >= 4 is 23.1 Å². The minimum absolute atomic E-state index is 0.0623. The monoisotopic (exact) mass is 340 g/mol. The molecule has 3 rings (SSSR count). The van der Waals surface area contributed by atoms with Gasteiger partial charge in [-0.2, -0.15) is 0 Å². The number of anilines is 2. The lowest BCUT2D eigenvalue weighted by molar-refractivity contribution is -0.123. The number of fused-ring (bicyclic) bond motifs is 1. The number of benzene rings is 2. The maximum atomic E-state index is 12.4.